The van der Waals surface area contributed by atoms with Gasteiger partial charge < -0.3 is 10.1 Å². The Balaban J connectivity index is 1.50. The maximum absolute atomic E-state index is 13.2. The molecule has 1 unspecified atom stereocenters. The van der Waals surface area contributed by atoms with E-state index < -0.39 is 5.25 Å². The topological polar surface area (TPSA) is 93.4 Å². The molecule has 4 aromatic rings. The number of ether oxygens (including phenoxy) is 1. The Morgan fingerprint density at radius 3 is 2.49 bits per heavy atom. The number of hydrogen-bond acceptors (Lipinski definition) is 7. The van der Waals surface area contributed by atoms with Gasteiger partial charge in [0, 0.05) is 5.69 Å². The Morgan fingerprint density at radius 1 is 1.05 bits per heavy atom. The Bertz CT molecular complexity index is 1380. The van der Waals surface area contributed by atoms with E-state index in [0.717, 1.165) is 22.7 Å². The van der Waals surface area contributed by atoms with Gasteiger partial charge in [0.05, 0.1) is 30.3 Å². The first-order valence-electron chi connectivity index (χ1n) is 11.6. The average Bonchev–Trinajstić information content (AvgIpc) is 3.33. The molecule has 1 heterocycles. The van der Waals surface area contributed by atoms with Gasteiger partial charge in [0.2, 0.25) is 0 Å². The molecule has 1 atom stereocenters. The lowest BCUT2D eigenvalue weighted by Crippen LogP contribution is -2.28. The number of hydrogen-bond donors (Lipinski definition) is 2. The molecule has 0 spiro atoms. The predicted molar refractivity (Wildman–Crippen MR) is 144 cm³/mol. The van der Waals surface area contributed by atoms with Crippen LogP contribution in [0.4, 0.5) is 10.1 Å². The lowest BCUT2D eigenvalue weighted by atomic mass is 10.1. The summed E-state index contributed by atoms with van der Waals surface area (Å²) in [6, 6.07) is 23.3. The molecular weight excluding hydrogens is 491 g/mol. The number of para-hydroxylation sites is 3. The van der Waals surface area contributed by atoms with Crippen molar-refractivity contribution >= 4 is 29.1 Å². The van der Waals surface area contributed by atoms with E-state index in [-0.39, 0.29) is 11.7 Å². The number of methoxy groups -OCH3 is 1. The quantitative estimate of drug-likeness (QED) is 0.173. The largest absolute Gasteiger partial charge is 0.495 e. The van der Waals surface area contributed by atoms with Crippen LogP contribution in [0.5, 0.6) is 5.75 Å². The molecule has 37 heavy (non-hydrogen) atoms. The molecule has 0 saturated carbocycles. The van der Waals surface area contributed by atoms with Gasteiger partial charge in [-0.25, -0.2) is 9.82 Å². The van der Waals surface area contributed by atoms with Crippen LogP contribution in [-0.4, -0.2) is 38.7 Å². The fourth-order valence-corrected chi connectivity index (χ4v) is 4.37. The molecule has 3 aromatic carbocycles. The zero-order valence-electron chi connectivity index (χ0n) is 20.7. The molecule has 10 heteroatoms. The number of hydrazone groups is 1. The number of thioether (sulfide) groups is 1. The molecule has 1 aromatic heterocycles. The minimum atomic E-state index is -0.508. The van der Waals surface area contributed by atoms with Gasteiger partial charge in [-0.1, -0.05) is 54.2 Å². The van der Waals surface area contributed by atoms with Crippen LogP contribution in [0.1, 0.15) is 25.2 Å². The molecule has 4 rings (SSSR count). The number of anilines is 1. The predicted octanol–water partition coefficient (Wildman–Crippen LogP) is 5.05. The van der Waals surface area contributed by atoms with Crippen LogP contribution < -0.4 is 15.5 Å². The highest BCUT2D eigenvalue weighted by Gasteiger charge is 2.21. The number of nitrogens with one attached hydrogen (secondary N) is 2. The van der Waals surface area contributed by atoms with Gasteiger partial charge in [0.15, 0.2) is 11.0 Å². The third kappa shape index (κ3) is 6.53. The van der Waals surface area contributed by atoms with Gasteiger partial charge in [-0.2, -0.15) is 5.10 Å². The Kier molecular flexibility index (Phi) is 8.52. The highest BCUT2D eigenvalue weighted by Crippen LogP contribution is 2.28. The van der Waals surface area contributed by atoms with Crippen LogP contribution in [0.3, 0.4) is 0 Å². The van der Waals surface area contributed by atoms with Gasteiger partial charge in [0.25, 0.3) is 5.91 Å². The highest BCUT2D eigenvalue weighted by atomic mass is 32.2. The smallest absolute Gasteiger partial charge is 0.253 e. The summed E-state index contributed by atoms with van der Waals surface area (Å²) in [5, 5.41) is 16.4. The summed E-state index contributed by atoms with van der Waals surface area (Å²) in [5.41, 5.74) is 5.60. The zero-order chi connectivity index (χ0) is 26.2. The molecule has 0 saturated heterocycles. The second-order valence-corrected chi connectivity index (χ2v) is 9.37. The molecule has 0 fully saturated rings. The Hall–Kier alpha value is -4.18. The van der Waals surface area contributed by atoms with E-state index in [9.17, 15) is 9.18 Å². The van der Waals surface area contributed by atoms with Gasteiger partial charge in [-0.15, -0.1) is 10.2 Å². The molecule has 0 radical (unpaired) electrons. The van der Waals surface area contributed by atoms with Gasteiger partial charge in [-0.3, -0.25) is 9.36 Å². The second-order valence-electron chi connectivity index (χ2n) is 8.06. The normalized spacial score (nSPS) is 12.2. The van der Waals surface area contributed by atoms with E-state index in [1.54, 1.807) is 33.1 Å². The summed E-state index contributed by atoms with van der Waals surface area (Å²) in [5.74, 6) is 0.787. The molecule has 0 aliphatic heterocycles. The van der Waals surface area contributed by atoms with Crippen LogP contribution in [0.15, 0.2) is 89.1 Å². The lowest BCUT2D eigenvalue weighted by Gasteiger charge is -2.14. The van der Waals surface area contributed by atoms with E-state index in [0.29, 0.717) is 23.2 Å². The number of halogens is 1. The second kappa shape index (κ2) is 12.2. The number of carbonyl (C=O) groups is 1. The number of amides is 1. The zero-order valence-corrected chi connectivity index (χ0v) is 21.5. The summed E-state index contributed by atoms with van der Waals surface area (Å²) in [4.78, 5) is 12.8. The molecule has 190 valence electrons. The molecule has 2 N–H and O–H groups in total. The highest BCUT2D eigenvalue weighted by molar-refractivity contribution is 8.00. The first-order valence-corrected chi connectivity index (χ1v) is 12.5. The van der Waals surface area contributed by atoms with Crippen molar-refractivity contribution < 1.29 is 13.9 Å². The standard InChI is InChI=1S/C27H27FN6O2S/c1-18(20-13-15-21(28)16-14-20)30-32-26(35)19(2)37-27-33-31-25(34(27)22-9-5-4-6-10-22)17-29-23-11-7-8-12-24(23)36-3/h4-16,19,29H,17H2,1-3H3,(H,32,35)/b30-18+. The maximum atomic E-state index is 13.2. The number of carbonyl (C=O) groups excluding carboxylic acids is 1. The first-order chi connectivity index (χ1) is 18.0. The van der Waals surface area contributed by atoms with E-state index in [2.05, 4.69) is 26.0 Å². The van der Waals surface area contributed by atoms with Crippen molar-refractivity contribution in [1.82, 2.24) is 20.2 Å². The fraction of sp³-hybridized carbons (Fsp3) is 0.185. The minimum absolute atomic E-state index is 0.289. The fourth-order valence-electron chi connectivity index (χ4n) is 3.49. The summed E-state index contributed by atoms with van der Waals surface area (Å²) < 4.78 is 20.5. The van der Waals surface area contributed by atoms with Crippen molar-refractivity contribution in [2.45, 2.75) is 30.8 Å². The summed E-state index contributed by atoms with van der Waals surface area (Å²) in [6.45, 7) is 3.92. The maximum Gasteiger partial charge on any atom is 0.253 e. The van der Waals surface area contributed by atoms with Crippen molar-refractivity contribution in [3.8, 4) is 11.4 Å². The van der Waals surface area contributed by atoms with Crippen molar-refractivity contribution in [1.29, 1.82) is 0 Å². The number of aromatic nitrogens is 3. The third-order valence-corrected chi connectivity index (χ3v) is 6.55. The Labute approximate surface area is 219 Å². The molecular formula is C27H27FN6O2S. The van der Waals surface area contributed by atoms with E-state index in [1.807, 2.05) is 59.2 Å². The molecule has 1 amide bonds. The van der Waals surface area contributed by atoms with Gasteiger partial charge >= 0.3 is 0 Å². The van der Waals surface area contributed by atoms with E-state index in [4.69, 9.17) is 4.74 Å². The third-order valence-electron chi connectivity index (χ3n) is 5.51. The van der Waals surface area contributed by atoms with Crippen molar-refractivity contribution in [2.75, 3.05) is 12.4 Å². The number of nitrogens with zero attached hydrogens (tertiary/aromatic N) is 4. The SMILES string of the molecule is COc1ccccc1NCc1nnc(SC(C)C(=O)N/N=C(\C)c2ccc(F)cc2)n1-c1ccccc1. The number of rotatable bonds is 10. The van der Waals surface area contributed by atoms with Crippen molar-refractivity contribution in [3.05, 3.63) is 96.1 Å². The van der Waals surface area contributed by atoms with Crippen LogP contribution in [0, 0.1) is 5.82 Å². The van der Waals surface area contributed by atoms with Gasteiger partial charge in [0.1, 0.15) is 11.6 Å². The average molecular weight is 519 g/mol. The van der Waals surface area contributed by atoms with E-state index in [1.165, 1.54) is 23.9 Å². The van der Waals surface area contributed by atoms with Crippen LogP contribution in [0.2, 0.25) is 0 Å². The molecule has 0 aliphatic carbocycles. The molecule has 0 aliphatic rings. The van der Waals surface area contributed by atoms with Crippen LogP contribution >= 0.6 is 11.8 Å². The number of benzene rings is 3. The molecule has 8 nitrogen and oxygen atoms in total. The molecule has 0 bridgehead atoms. The summed E-state index contributed by atoms with van der Waals surface area (Å²) >= 11 is 1.28. The van der Waals surface area contributed by atoms with Crippen molar-refractivity contribution in [3.63, 3.8) is 0 Å². The summed E-state index contributed by atoms with van der Waals surface area (Å²) in [7, 11) is 1.62. The minimum Gasteiger partial charge on any atom is -0.495 e. The summed E-state index contributed by atoms with van der Waals surface area (Å²) in [6.07, 6.45) is 0. The van der Waals surface area contributed by atoms with E-state index >= 15 is 0 Å². The van der Waals surface area contributed by atoms with Crippen molar-refractivity contribution in [2.24, 2.45) is 5.10 Å². The lowest BCUT2D eigenvalue weighted by molar-refractivity contribution is -0.120. The monoisotopic (exact) mass is 518 g/mol. The Morgan fingerprint density at radius 2 is 1.76 bits per heavy atom. The van der Waals surface area contributed by atoms with Gasteiger partial charge in [-0.05, 0) is 55.8 Å². The first kappa shape index (κ1) is 25.9. The van der Waals surface area contributed by atoms with Crippen LogP contribution in [0.25, 0.3) is 5.69 Å². The van der Waals surface area contributed by atoms with Crippen LogP contribution in [-0.2, 0) is 11.3 Å².